The molecule has 1 N–H and O–H groups in total. The minimum Gasteiger partial charge on any atom is -0.496 e. The van der Waals surface area contributed by atoms with Gasteiger partial charge in [-0.05, 0) is 42.8 Å². The first-order chi connectivity index (χ1) is 12.6. The van der Waals surface area contributed by atoms with Crippen LogP contribution in [0.5, 0.6) is 5.75 Å². The lowest BCUT2D eigenvalue weighted by atomic mass is 10.2. The maximum atomic E-state index is 12.7. The van der Waals surface area contributed by atoms with Gasteiger partial charge < -0.3 is 10.1 Å². The van der Waals surface area contributed by atoms with Crippen LogP contribution in [0.15, 0.2) is 35.2 Å². The fourth-order valence-corrected chi connectivity index (χ4v) is 4.09. The molecule has 0 aliphatic heterocycles. The summed E-state index contributed by atoms with van der Waals surface area (Å²) in [5.74, 6) is -0.00444. The van der Waals surface area contributed by atoms with E-state index in [9.17, 15) is 13.2 Å². The highest BCUT2D eigenvalue weighted by Gasteiger charge is 2.24. The maximum absolute atomic E-state index is 12.7. The van der Waals surface area contributed by atoms with Gasteiger partial charge in [0, 0.05) is 7.05 Å². The fourth-order valence-electron chi connectivity index (χ4n) is 2.29. The molecule has 0 spiro atoms. The summed E-state index contributed by atoms with van der Waals surface area (Å²) in [5, 5.41) is 3.17. The lowest BCUT2D eigenvalue weighted by Gasteiger charge is -2.18. The van der Waals surface area contributed by atoms with Crippen molar-refractivity contribution < 1.29 is 17.9 Å². The number of anilines is 1. The van der Waals surface area contributed by atoms with Gasteiger partial charge in [-0.15, -0.1) is 0 Å². The fraction of sp³-hybridized carbons (Fsp3) is 0.235. The number of hydrogen-bond acceptors (Lipinski definition) is 4. The third-order valence-electron chi connectivity index (χ3n) is 3.72. The van der Waals surface area contributed by atoms with Crippen molar-refractivity contribution in [2.75, 3.05) is 26.0 Å². The van der Waals surface area contributed by atoms with E-state index in [1.165, 1.54) is 38.4 Å². The second-order valence-corrected chi connectivity index (χ2v) is 8.95. The number of nitrogens with zero attached hydrogens (tertiary/aromatic N) is 1. The normalized spacial score (nSPS) is 11.5. The molecule has 0 radical (unpaired) electrons. The molecule has 6 nitrogen and oxygen atoms in total. The zero-order chi connectivity index (χ0) is 20.4. The van der Waals surface area contributed by atoms with Crippen LogP contribution in [0.1, 0.15) is 5.56 Å². The second-order valence-electron chi connectivity index (χ2n) is 5.69. The van der Waals surface area contributed by atoms with Crippen molar-refractivity contribution in [2.45, 2.75) is 11.8 Å². The molecule has 1 amide bonds. The quantitative estimate of drug-likeness (QED) is 0.667. The highest BCUT2D eigenvalue weighted by Crippen LogP contribution is 2.32. The van der Waals surface area contributed by atoms with Crippen LogP contribution in [0.3, 0.4) is 0 Å². The van der Waals surface area contributed by atoms with E-state index in [0.717, 1.165) is 4.31 Å². The summed E-state index contributed by atoms with van der Waals surface area (Å²) in [6, 6.07) is 7.25. The van der Waals surface area contributed by atoms with E-state index in [-0.39, 0.29) is 25.7 Å². The highest BCUT2D eigenvalue weighted by atomic mass is 35.5. The molecule has 2 rings (SSSR count). The number of halogens is 3. The smallest absolute Gasteiger partial charge is 0.243 e. The molecule has 0 aromatic heterocycles. The predicted octanol–water partition coefficient (Wildman–Crippen LogP) is 4.22. The van der Waals surface area contributed by atoms with Crippen LogP contribution >= 0.6 is 34.8 Å². The van der Waals surface area contributed by atoms with Gasteiger partial charge >= 0.3 is 0 Å². The van der Waals surface area contributed by atoms with E-state index in [4.69, 9.17) is 39.5 Å². The summed E-state index contributed by atoms with van der Waals surface area (Å²) >= 11 is 17.8. The largest absolute Gasteiger partial charge is 0.496 e. The summed E-state index contributed by atoms with van der Waals surface area (Å²) in [5.41, 5.74) is 0.904. The molecular formula is C17H17Cl3N2O4S. The van der Waals surface area contributed by atoms with Crippen LogP contribution in [0, 0.1) is 6.92 Å². The Bertz CT molecular complexity index is 980. The van der Waals surface area contributed by atoms with E-state index < -0.39 is 22.5 Å². The van der Waals surface area contributed by atoms with Gasteiger partial charge in [0.2, 0.25) is 15.9 Å². The van der Waals surface area contributed by atoms with Crippen LogP contribution in [-0.2, 0) is 14.8 Å². The number of rotatable bonds is 6. The number of aryl methyl sites for hydroxylation is 1. The van der Waals surface area contributed by atoms with E-state index in [1.807, 2.05) is 0 Å². The number of sulfonamides is 1. The van der Waals surface area contributed by atoms with Crippen LogP contribution in [0.2, 0.25) is 15.1 Å². The Hall–Kier alpha value is -1.51. The third kappa shape index (κ3) is 5.06. The molecular weight excluding hydrogens is 435 g/mol. The molecule has 0 aliphatic carbocycles. The third-order valence-corrected chi connectivity index (χ3v) is 6.56. The molecule has 0 bridgehead atoms. The lowest BCUT2D eigenvalue weighted by molar-refractivity contribution is -0.116. The summed E-state index contributed by atoms with van der Waals surface area (Å²) in [6.45, 7) is 1.32. The van der Waals surface area contributed by atoms with Gasteiger partial charge in [0.25, 0.3) is 0 Å². The molecule has 2 aromatic rings. The predicted molar refractivity (Wildman–Crippen MR) is 108 cm³/mol. The van der Waals surface area contributed by atoms with Crippen molar-refractivity contribution in [3.8, 4) is 5.75 Å². The molecule has 0 aliphatic rings. The van der Waals surface area contributed by atoms with Gasteiger partial charge in [-0.1, -0.05) is 34.8 Å². The number of benzene rings is 2. The topological polar surface area (TPSA) is 75.7 Å². The summed E-state index contributed by atoms with van der Waals surface area (Å²) in [4.78, 5) is 12.3. The van der Waals surface area contributed by atoms with Crippen LogP contribution in [-0.4, -0.2) is 39.3 Å². The maximum Gasteiger partial charge on any atom is 0.243 e. The Morgan fingerprint density at radius 2 is 1.74 bits per heavy atom. The Kier molecular flexibility index (Phi) is 6.99. The Balaban J connectivity index is 2.15. The summed E-state index contributed by atoms with van der Waals surface area (Å²) in [7, 11) is -1.05. The molecule has 2 aromatic carbocycles. The molecule has 0 heterocycles. The molecule has 146 valence electrons. The van der Waals surface area contributed by atoms with Crippen LogP contribution in [0.25, 0.3) is 0 Å². The van der Waals surface area contributed by atoms with E-state index >= 15 is 0 Å². The molecule has 0 unspecified atom stereocenters. The first kappa shape index (κ1) is 21.8. The first-order valence-corrected chi connectivity index (χ1v) is 10.2. The van der Waals surface area contributed by atoms with Gasteiger partial charge in [-0.2, -0.15) is 4.31 Å². The zero-order valence-electron chi connectivity index (χ0n) is 14.7. The number of nitrogens with one attached hydrogen (secondary N) is 1. The molecule has 0 saturated carbocycles. The molecule has 27 heavy (non-hydrogen) atoms. The van der Waals surface area contributed by atoms with Crippen molar-refractivity contribution in [3.05, 3.63) is 51.0 Å². The number of hydrogen-bond donors (Lipinski definition) is 1. The standard InChI is InChI=1S/C17H17Cl3N2O4S/c1-10-6-11(4-5-16(10)26-3)27(24,25)22(2)9-17(23)21-15-8-13(19)12(18)7-14(15)20/h4-8H,9H2,1-3H3,(H,21,23). The molecule has 0 fully saturated rings. The Morgan fingerprint density at radius 1 is 1.11 bits per heavy atom. The number of amides is 1. The van der Waals surface area contributed by atoms with Gasteiger partial charge in [0.15, 0.2) is 0 Å². The Labute approximate surface area is 173 Å². The molecule has 0 saturated heterocycles. The van der Waals surface area contributed by atoms with Crippen molar-refractivity contribution in [1.29, 1.82) is 0 Å². The minimum absolute atomic E-state index is 0.0590. The number of methoxy groups -OCH3 is 1. The second kappa shape index (κ2) is 8.67. The van der Waals surface area contributed by atoms with Gasteiger partial charge in [-0.3, -0.25) is 4.79 Å². The van der Waals surface area contributed by atoms with E-state index in [0.29, 0.717) is 11.3 Å². The Morgan fingerprint density at radius 3 is 2.33 bits per heavy atom. The minimum atomic E-state index is -3.86. The highest BCUT2D eigenvalue weighted by molar-refractivity contribution is 7.89. The summed E-state index contributed by atoms with van der Waals surface area (Å²) < 4.78 is 31.4. The summed E-state index contributed by atoms with van der Waals surface area (Å²) in [6.07, 6.45) is 0. The average molecular weight is 452 g/mol. The average Bonchev–Trinajstić information content (AvgIpc) is 2.59. The SMILES string of the molecule is COc1ccc(S(=O)(=O)N(C)CC(=O)Nc2cc(Cl)c(Cl)cc2Cl)cc1C. The number of carbonyl (C=O) groups is 1. The molecule has 10 heteroatoms. The molecule has 0 atom stereocenters. The van der Waals surface area contributed by atoms with Crippen molar-refractivity contribution in [2.24, 2.45) is 0 Å². The van der Waals surface area contributed by atoms with Gasteiger partial charge in [0.1, 0.15) is 5.75 Å². The monoisotopic (exact) mass is 450 g/mol. The van der Waals surface area contributed by atoms with Crippen molar-refractivity contribution in [1.82, 2.24) is 4.31 Å². The lowest BCUT2D eigenvalue weighted by Crippen LogP contribution is -2.35. The number of ether oxygens (including phenoxy) is 1. The van der Waals surface area contributed by atoms with Crippen LogP contribution < -0.4 is 10.1 Å². The van der Waals surface area contributed by atoms with Gasteiger partial charge in [-0.25, -0.2) is 8.42 Å². The first-order valence-electron chi connectivity index (χ1n) is 7.61. The number of carbonyl (C=O) groups excluding carboxylic acids is 1. The van der Waals surface area contributed by atoms with Crippen LogP contribution in [0.4, 0.5) is 5.69 Å². The van der Waals surface area contributed by atoms with Crippen molar-refractivity contribution >= 4 is 56.4 Å². The number of likely N-dealkylation sites (N-methyl/N-ethyl adjacent to an activating group) is 1. The van der Waals surface area contributed by atoms with E-state index in [2.05, 4.69) is 5.32 Å². The zero-order valence-corrected chi connectivity index (χ0v) is 17.8. The van der Waals surface area contributed by atoms with Gasteiger partial charge in [0.05, 0.1) is 39.3 Å². The van der Waals surface area contributed by atoms with Crippen molar-refractivity contribution in [3.63, 3.8) is 0 Å². The van der Waals surface area contributed by atoms with E-state index in [1.54, 1.807) is 13.0 Å².